The number of imidazole rings is 1. The zero-order valence-electron chi connectivity index (χ0n) is 25.3. The average molecular weight is 773 g/mol. The number of phosphoric ester groups is 2. The molecule has 0 amide bonds. The Balaban J connectivity index is 1.02. The topological polar surface area (TPSA) is 310 Å². The minimum absolute atomic E-state index is 0.0218. The first-order chi connectivity index (χ1) is 23.8. The predicted molar refractivity (Wildman–Crippen MR) is 157 cm³/mol. The van der Waals surface area contributed by atoms with Crippen LogP contribution in [0.25, 0.3) is 16.7 Å². The number of anilines is 1. The number of halogens is 3. The number of alkyl halides is 3. The van der Waals surface area contributed by atoms with Gasteiger partial charge in [-0.05, 0) is 18.2 Å². The predicted octanol–water partition coefficient (Wildman–Crippen LogP) is -0.540. The number of nitrogens with two attached hydrogens (primary N) is 1. The molecule has 21 nitrogen and oxygen atoms in total. The largest absolute Gasteiger partial charge is 0.481 e. The second-order valence-corrected chi connectivity index (χ2v) is 14.2. The Morgan fingerprint density at radius 1 is 0.902 bits per heavy atom. The molecule has 5 unspecified atom stereocenters. The summed E-state index contributed by atoms with van der Waals surface area (Å²) in [7, 11) is -11.0. The first-order valence-corrected chi connectivity index (χ1v) is 17.4. The number of aliphatic hydroxyl groups excluding tert-OH is 5. The van der Waals surface area contributed by atoms with E-state index in [9.17, 15) is 57.6 Å². The van der Waals surface area contributed by atoms with Crippen LogP contribution in [0.3, 0.4) is 0 Å². The zero-order valence-corrected chi connectivity index (χ0v) is 27.1. The van der Waals surface area contributed by atoms with Crippen LogP contribution in [-0.4, -0.2) is 123 Å². The average Bonchev–Trinajstić information content (AvgIpc) is 3.68. The molecule has 2 fully saturated rings. The van der Waals surface area contributed by atoms with Crippen molar-refractivity contribution in [2.75, 3.05) is 18.9 Å². The molecule has 3 aliphatic rings. The Hall–Kier alpha value is -3.32. The van der Waals surface area contributed by atoms with Crippen LogP contribution in [0.15, 0.2) is 36.9 Å². The lowest BCUT2D eigenvalue weighted by Gasteiger charge is -2.25. The highest BCUT2D eigenvalue weighted by Crippen LogP contribution is 2.60. The molecule has 0 bridgehead atoms. The van der Waals surface area contributed by atoms with Crippen molar-refractivity contribution in [3.8, 4) is 11.5 Å². The molecule has 3 aliphatic heterocycles. The molecule has 9 N–H and O–H groups in total. The quantitative estimate of drug-likeness (QED) is 0.113. The Labute approximate surface area is 282 Å². The number of phosphoric acid groups is 2. The van der Waals surface area contributed by atoms with Gasteiger partial charge in [0.25, 0.3) is 0 Å². The molecule has 26 heteroatoms. The maximum Gasteiger partial charge on any atom is 0.481 e. The van der Waals surface area contributed by atoms with Gasteiger partial charge in [0.2, 0.25) is 12.6 Å². The minimum atomic E-state index is -5.49. The summed E-state index contributed by atoms with van der Waals surface area (Å²) in [6.07, 6.45) is -17.2. The fourth-order valence-corrected chi connectivity index (χ4v) is 7.38. The molecule has 0 aliphatic carbocycles. The van der Waals surface area contributed by atoms with Gasteiger partial charge in [-0.15, -0.1) is 0 Å². The van der Waals surface area contributed by atoms with Crippen molar-refractivity contribution in [1.29, 1.82) is 0 Å². The van der Waals surface area contributed by atoms with Crippen molar-refractivity contribution in [3.63, 3.8) is 0 Å². The first-order valence-electron chi connectivity index (χ1n) is 14.4. The second-order valence-electron chi connectivity index (χ2n) is 11.1. The van der Waals surface area contributed by atoms with Crippen LogP contribution in [0.4, 0.5) is 19.0 Å². The van der Waals surface area contributed by atoms with Gasteiger partial charge in [0.1, 0.15) is 60.0 Å². The normalized spacial score (nSPS) is 31.8. The van der Waals surface area contributed by atoms with Crippen LogP contribution in [0.1, 0.15) is 11.8 Å². The van der Waals surface area contributed by atoms with Crippen LogP contribution < -0.4 is 15.2 Å². The van der Waals surface area contributed by atoms with Crippen LogP contribution in [0, 0.1) is 0 Å². The number of nitrogens with zero attached hydrogens (tertiary/aromatic N) is 4. The highest BCUT2D eigenvalue weighted by atomic mass is 31.3. The van der Waals surface area contributed by atoms with E-state index < -0.39 is 107 Å². The molecule has 2 aromatic heterocycles. The van der Waals surface area contributed by atoms with Crippen LogP contribution >= 0.6 is 15.6 Å². The van der Waals surface area contributed by atoms with Crippen LogP contribution in [-0.2, 0) is 32.0 Å². The molecular weight excluding hydrogens is 745 g/mol. The number of benzene rings is 1. The third kappa shape index (κ3) is 7.89. The second kappa shape index (κ2) is 13.9. The summed E-state index contributed by atoms with van der Waals surface area (Å²) in [5, 5.41) is 51.4. The summed E-state index contributed by atoms with van der Waals surface area (Å²) in [4.78, 5) is 31.9. The molecule has 6 rings (SSSR count). The van der Waals surface area contributed by atoms with E-state index in [1.807, 2.05) is 0 Å². The summed E-state index contributed by atoms with van der Waals surface area (Å²) in [5.41, 5.74) is 4.46. The minimum Gasteiger partial charge on any atom is -0.462 e. The number of nitrogen functional groups attached to an aromatic ring is 1. The van der Waals surface area contributed by atoms with E-state index in [2.05, 4.69) is 28.3 Å². The summed E-state index contributed by atoms with van der Waals surface area (Å²) >= 11 is 0. The third-order valence-electron chi connectivity index (χ3n) is 7.69. The van der Waals surface area contributed by atoms with Crippen molar-refractivity contribution in [2.45, 2.75) is 61.6 Å². The molecule has 0 radical (unpaired) electrons. The van der Waals surface area contributed by atoms with Crippen molar-refractivity contribution < 1.29 is 89.9 Å². The van der Waals surface area contributed by atoms with Crippen molar-refractivity contribution in [3.05, 3.63) is 42.5 Å². The zero-order chi connectivity index (χ0) is 37.0. The maximum absolute atomic E-state index is 13.4. The molecule has 0 spiro atoms. The first kappa shape index (κ1) is 37.4. The van der Waals surface area contributed by atoms with Crippen molar-refractivity contribution >= 4 is 38.2 Å². The molecule has 0 saturated carbocycles. The summed E-state index contributed by atoms with van der Waals surface area (Å²) in [6, 6.07) is 2.98. The molecule has 1 aromatic carbocycles. The van der Waals surface area contributed by atoms with Gasteiger partial charge >= 0.3 is 21.8 Å². The number of hydrogen-bond acceptors (Lipinski definition) is 18. The van der Waals surface area contributed by atoms with E-state index in [0.717, 1.165) is 24.5 Å². The number of aliphatic hydroxyl groups is 5. The van der Waals surface area contributed by atoms with E-state index in [-0.39, 0.29) is 22.7 Å². The molecule has 280 valence electrons. The van der Waals surface area contributed by atoms with Gasteiger partial charge < -0.3 is 60.0 Å². The van der Waals surface area contributed by atoms with E-state index in [1.165, 1.54) is 10.9 Å². The van der Waals surface area contributed by atoms with Gasteiger partial charge in [-0.2, -0.15) is 17.5 Å². The lowest BCUT2D eigenvalue weighted by molar-refractivity contribution is -0.116. The fourth-order valence-electron chi connectivity index (χ4n) is 5.29. The van der Waals surface area contributed by atoms with Crippen LogP contribution in [0.5, 0.6) is 11.5 Å². The van der Waals surface area contributed by atoms with E-state index in [4.69, 9.17) is 24.7 Å². The van der Waals surface area contributed by atoms with Crippen LogP contribution in [0.2, 0.25) is 0 Å². The number of aromatic nitrogens is 4. The number of allylic oxidation sites excluding steroid dienone is 1. The number of hydrogen-bond donors (Lipinski definition) is 8. The Morgan fingerprint density at radius 3 is 2.22 bits per heavy atom. The number of fused-ring (bicyclic) bond motifs is 2. The maximum atomic E-state index is 13.4. The van der Waals surface area contributed by atoms with Gasteiger partial charge in [0, 0.05) is 11.6 Å². The Kier molecular flexibility index (Phi) is 10.2. The Bertz CT molecular complexity index is 1900. The molecule has 2 saturated heterocycles. The number of rotatable bonds is 11. The molecule has 51 heavy (non-hydrogen) atoms. The standard InChI is InChI=1S/C25H28F3N5O16P2/c26-25(27,28)11-4-15(34)46-12-3-9(1-2-10(11)12)45-24-20(38)18(36)14(48-24)6-44-51(41,42)49-50(39,40)43-5-13-17(35)19(37)23(47-13)33-8-32-16-21(29)30-7-31-22(16)33/h1-4,7-8,13-15,17-20,23-24,34-38H,5-6H2,(H,39,40)(H,41,42)(H2,29,30,31)/t13-,14?,15?,17-,18-,19-,20-,23?,24+/m1/s1. The monoisotopic (exact) mass is 773 g/mol. The van der Waals surface area contributed by atoms with E-state index in [1.54, 1.807) is 0 Å². The summed E-state index contributed by atoms with van der Waals surface area (Å²) in [6.45, 7) is -2.00. The summed E-state index contributed by atoms with van der Waals surface area (Å²) in [5.74, 6) is -0.633. The van der Waals surface area contributed by atoms with Gasteiger partial charge in [0.05, 0.1) is 25.1 Å². The highest BCUT2D eigenvalue weighted by Gasteiger charge is 2.48. The van der Waals surface area contributed by atoms with Gasteiger partial charge in [0.15, 0.2) is 17.7 Å². The fraction of sp³-hybridized carbons (Fsp3) is 0.480. The van der Waals surface area contributed by atoms with E-state index >= 15 is 0 Å². The lowest BCUT2D eigenvalue weighted by Crippen LogP contribution is -2.36. The molecule has 3 aromatic rings. The van der Waals surface area contributed by atoms with Gasteiger partial charge in [-0.25, -0.2) is 24.1 Å². The molecule has 5 heterocycles. The molecular formula is C25H28F3N5O16P2. The smallest absolute Gasteiger partial charge is 0.462 e. The third-order valence-corrected chi connectivity index (χ3v) is 10.3. The summed E-state index contributed by atoms with van der Waals surface area (Å²) < 4.78 is 101. The SMILES string of the molecule is Nc1ncnc2c1ncn2C1O[C@H](COP(=O)(O)OP(=O)(O)OCC2O[C@H](Oc3ccc4c(c3)OC(O)C=C4C(F)(F)F)[C@H](O)[C@@H]2O)[C@@H](O)[C@H]1O. The number of ether oxygens (including phenoxy) is 4. The van der Waals surface area contributed by atoms with Gasteiger partial charge in [-0.1, -0.05) is 0 Å². The Morgan fingerprint density at radius 2 is 1.55 bits per heavy atom. The van der Waals surface area contributed by atoms with E-state index in [0.29, 0.717) is 6.08 Å². The van der Waals surface area contributed by atoms with Crippen molar-refractivity contribution in [2.24, 2.45) is 0 Å². The lowest BCUT2D eigenvalue weighted by atomic mass is 10.0. The van der Waals surface area contributed by atoms with Gasteiger partial charge in [-0.3, -0.25) is 13.6 Å². The van der Waals surface area contributed by atoms with Crippen molar-refractivity contribution in [1.82, 2.24) is 19.5 Å². The molecule has 11 atom stereocenters. The highest BCUT2D eigenvalue weighted by molar-refractivity contribution is 7.61.